The van der Waals surface area contributed by atoms with Crippen LogP contribution in [0.5, 0.6) is 0 Å². The summed E-state index contributed by atoms with van der Waals surface area (Å²) in [7, 11) is 0. The van der Waals surface area contributed by atoms with Crippen molar-refractivity contribution in [2.75, 3.05) is 5.33 Å². The average Bonchev–Trinajstić information content (AvgIpc) is 2.09. The van der Waals surface area contributed by atoms with Crippen molar-refractivity contribution >= 4 is 44.3 Å². The van der Waals surface area contributed by atoms with Crippen molar-refractivity contribution in [3.05, 3.63) is 33.4 Å². The van der Waals surface area contributed by atoms with E-state index in [1.165, 1.54) is 3.57 Å². The molecule has 0 fully saturated rings. The molecule has 1 nitrogen and oxygen atoms in total. The van der Waals surface area contributed by atoms with Crippen LogP contribution in [0.3, 0.4) is 0 Å². The van der Waals surface area contributed by atoms with Crippen molar-refractivity contribution < 1.29 is 4.79 Å². The fourth-order valence-corrected chi connectivity index (χ4v) is 1.83. The lowest BCUT2D eigenvalue weighted by Crippen LogP contribution is -2.02. The predicted octanol–water partition coefficient (Wildman–Crippen LogP) is 3.19. The second-order valence-electron chi connectivity index (χ2n) is 2.78. The number of benzene rings is 1. The summed E-state index contributed by atoms with van der Waals surface area (Å²) in [6.45, 7) is 0. The average molecular weight is 353 g/mol. The Kier molecular flexibility index (Phi) is 4.94. The number of alkyl halides is 1. The van der Waals surface area contributed by atoms with Crippen LogP contribution in [-0.2, 0) is 11.2 Å². The van der Waals surface area contributed by atoms with Gasteiger partial charge in [0.05, 0.1) is 0 Å². The van der Waals surface area contributed by atoms with Crippen molar-refractivity contribution in [1.29, 1.82) is 0 Å². The quantitative estimate of drug-likeness (QED) is 0.600. The fraction of sp³-hybridized carbons (Fsp3) is 0.300. The normalized spacial score (nSPS) is 10.0. The zero-order chi connectivity index (χ0) is 9.68. The largest absolute Gasteiger partial charge is 0.299 e. The van der Waals surface area contributed by atoms with Gasteiger partial charge in [-0.25, -0.2) is 0 Å². The van der Waals surface area contributed by atoms with E-state index in [1.807, 2.05) is 24.3 Å². The van der Waals surface area contributed by atoms with Gasteiger partial charge in [-0.2, -0.15) is 0 Å². The Labute approximate surface area is 100 Å². The van der Waals surface area contributed by atoms with Crippen LogP contribution in [-0.4, -0.2) is 11.1 Å². The molecule has 1 aromatic carbocycles. The molecule has 0 atom stereocenters. The summed E-state index contributed by atoms with van der Waals surface area (Å²) in [5.41, 5.74) is 1.10. The van der Waals surface area contributed by atoms with Gasteiger partial charge in [-0.05, 0) is 40.3 Å². The van der Waals surface area contributed by atoms with E-state index in [9.17, 15) is 4.79 Å². The second kappa shape index (κ2) is 5.75. The van der Waals surface area contributed by atoms with E-state index >= 15 is 0 Å². The van der Waals surface area contributed by atoms with Gasteiger partial charge in [0.15, 0.2) is 0 Å². The van der Waals surface area contributed by atoms with E-state index in [1.54, 1.807) is 0 Å². The minimum Gasteiger partial charge on any atom is -0.299 e. The Morgan fingerprint density at radius 2 is 1.92 bits per heavy atom. The maximum atomic E-state index is 11.3. The molecular formula is C10H10BrIO. The molecule has 0 aliphatic heterocycles. The van der Waals surface area contributed by atoms with E-state index in [0.717, 1.165) is 10.9 Å². The van der Waals surface area contributed by atoms with E-state index in [0.29, 0.717) is 12.8 Å². The highest BCUT2D eigenvalue weighted by atomic mass is 127. The number of carbonyl (C=O) groups is 1. The zero-order valence-corrected chi connectivity index (χ0v) is 10.8. The van der Waals surface area contributed by atoms with Crippen molar-refractivity contribution in [2.24, 2.45) is 0 Å². The van der Waals surface area contributed by atoms with Gasteiger partial charge in [0, 0.05) is 21.7 Å². The van der Waals surface area contributed by atoms with Gasteiger partial charge in [-0.15, -0.1) is 0 Å². The van der Waals surface area contributed by atoms with E-state index < -0.39 is 0 Å². The highest BCUT2D eigenvalue weighted by molar-refractivity contribution is 14.1. The standard InChI is InChI=1S/C10H10BrIO/c11-6-5-10(13)7-8-1-3-9(12)4-2-8/h1-4H,5-7H2. The first-order valence-corrected chi connectivity index (χ1v) is 6.24. The first-order chi connectivity index (χ1) is 6.22. The Morgan fingerprint density at radius 1 is 1.31 bits per heavy atom. The third-order valence-corrected chi connectivity index (χ3v) is 2.80. The fourth-order valence-electron chi connectivity index (χ4n) is 1.02. The molecule has 0 spiro atoms. The van der Waals surface area contributed by atoms with Crippen molar-refractivity contribution in [3.63, 3.8) is 0 Å². The summed E-state index contributed by atoms with van der Waals surface area (Å²) >= 11 is 5.51. The molecule has 1 aromatic rings. The topological polar surface area (TPSA) is 17.1 Å². The molecular weight excluding hydrogens is 343 g/mol. The molecule has 0 unspecified atom stereocenters. The van der Waals surface area contributed by atoms with Crippen LogP contribution in [0.2, 0.25) is 0 Å². The second-order valence-corrected chi connectivity index (χ2v) is 4.82. The molecule has 0 amide bonds. The van der Waals surface area contributed by atoms with Gasteiger partial charge in [0.1, 0.15) is 5.78 Å². The van der Waals surface area contributed by atoms with Gasteiger partial charge in [0.25, 0.3) is 0 Å². The van der Waals surface area contributed by atoms with Gasteiger partial charge in [-0.3, -0.25) is 4.79 Å². The van der Waals surface area contributed by atoms with Crippen molar-refractivity contribution in [3.8, 4) is 0 Å². The Hall–Kier alpha value is 0.1000. The van der Waals surface area contributed by atoms with Crippen molar-refractivity contribution in [1.82, 2.24) is 0 Å². The number of Topliss-reactive ketones (excluding diaryl/α,β-unsaturated/α-hetero) is 1. The maximum Gasteiger partial charge on any atom is 0.138 e. The molecule has 13 heavy (non-hydrogen) atoms. The molecule has 0 heterocycles. The van der Waals surface area contributed by atoms with Crippen LogP contribution >= 0.6 is 38.5 Å². The number of ketones is 1. The monoisotopic (exact) mass is 352 g/mol. The van der Waals surface area contributed by atoms with E-state index in [4.69, 9.17) is 0 Å². The van der Waals surface area contributed by atoms with Crippen LogP contribution in [0.4, 0.5) is 0 Å². The molecule has 3 heteroatoms. The lowest BCUT2D eigenvalue weighted by Gasteiger charge is -1.99. The van der Waals surface area contributed by atoms with Crippen LogP contribution in [0, 0.1) is 3.57 Å². The Bertz CT molecular complexity index is 281. The molecule has 0 bridgehead atoms. The molecule has 0 saturated carbocycles. The summed E-state index contributed by atoms with van der Waals surface area (Å²) in [5.74, 6) is 0.290. The summed E-state index contributed by atoms with van der Waals surface area (Å²) in [5, 5.41) is 0.760. The molecule has 0 saturated heterocycles. The molecule has 1 rings (SSSR count). The molecule has 70 valence electrons. The van der Waals surface area contributed by atoms with Gasteiger partial charge >= 0.3 is 0 Å². The number of halogens is 2. The minimum absolute atomic E-state index is 0.290. The van der Waals surface area contributed by atoms with E-state index in [-0.39, 0.29) is 5.78 Å². The summed E-state index contributed by atoms with van der Waals surface area (Å²) in [4.78, 5) is 11.3. The van der Waals surface area contributed by atoms with Gasteiger partial charge in [0.2, 0.25) is 0 Å². The SMILES string of the molecule is O=C(CCBr)Cc1ccc(I)cc1. The summed E-state index contributed by atoms with van der Waals surface area (Å²) in [6.07, 6.45) is 1.18. The van der Waals surface area contributed by atoms with E-state index in [2.05, 4.69) is 38.5 Å². The number of hydrogen-bond donors (Lipinski definition) is 0. The highest BCUT2D eigenvalue weighted by Gasteiger charge is 2.01. The first-order valence-electron chi connectivity index (χ1n) is 4.04. The Balaban J connectivity index is 2.54. The molecule has 0 aliphatic carbocycles. The van der Waals surface area contributed by atoms with Gasteiger partial charge < -0.3 is 0 Å². The maximum absolute atomic E-state index is 11.3. The minimum atomic E-state index is 0.290. The molecule has 0 radical (unpaired) electrons. The summed E-state index contributed by atoms with van der Waals surface area (Å²) in [6, 6.07) is 8.07. The van der Waals surface area contributed by atoms with Crippen LogP contribution in [0.1, 0.15) is 12.0 Å². The predicted molar refractivity (Wildman–Crippen MR) is 66.3 cm³/mol. The number of carbonyl (C=O) groups excluding carboxylic acids is 1. The summed E-state index contributed by atoms with van der Waals surface area (Å²) < 4.78 is 1.20. The number of rotatable bonds is 4. The first kappa shape index (κ1) is 11.2. The zero-order valence-electron chi connectivity index (χ0n) is 7.09. The third-order valence-electron chi connectivity index (χ3n) is 1.69. The third kappa shape index (κ3) is 4.22. The lowest BCUT2D eigenvalue weighted by molar-refractivity contribution is -0.118. The lowest BCUT2D eigenvalue weighted by atomic mass is 10.1. The van der Waals surface area contributed by atoms with Crippen molar-refractivity contribution in [2.45, 2.75) is 12.8 Å². The van der Waals surface area contributed by atoms with Crippen LogP contribution in [0.25, 0.3) is 0 Å². The number of hydrogen-bond acceptors (Lipinski definition) is 1. The van der Waals surface area contributed by atoms with Crippen LogP contribution < -0.4 is 0 Å². The Morgan fingerprint density at radius 3 is 2.46 bits per heavy atom. The van der Waals surface area contributed by atoms with Crippen LogP contribution in [0.15, 0.2) is 24.3 Å². The molecule has 0 N–H and O–H groups in total. The molecule has 0 aliphatic rings. The van der Waals surface area contributed by atoms with Gasteiger partial charge in [-0.1, -0.05) is 28.1 Å². The molecule has 0 aromatic heterocycles. The smallest absolute Gasteiger partial charge is 0.138 e. The highest BCUT2D eigenvalue weighted by Crippen LogP contribution is 2.08.